The molecule has 0 amide bonds. The number of aromatic carboxylic acids is 1. The third kappa shape index (κ3) is 1.77. The number of carboxylic acids is 1. The molecule has 6 heteroatoms. The first-order chi connectivity index (χ1) is 9.10. The van der Waals surface area contributed by atoms with Crippen molar-refractivity contribution in [2.24, 2.45) is 0 Å². The Labute approximate surface area is 111 Å². The van der Waals surface area contributed by atoms with E-state index >= 15 is 0 Å². The Balaban J connectivity index is 2.45. The van der Waals surface area contributed by atoms with E-state index in [1.807, 2.05) is 6.07 Å². The number of ether oxygens (including phenoxy) is 1. The molecule has 2 aromatic heterocycles. The molecule has 0 spiro atoms. The van der Waals surface area contributed by atoms with Gasteiger partial charge in [0.1, 0.15) is 10.6 Å². The first-order valence-corrected chi connectivity index (χ1v) is 6.28. The number of H-pyrrole nitrogens is 1. The van der Waals surface area contributed by atoms with E-state index in [1.165, 1.54) is 6.07 Å². The number of rotatable bonds is 2. The number of carboxylic acid groups (broad SMARTS) is 1. The zero-order valence-electron chi connectivity index (χ0n) is 9.89. The van der Waals surface area contributed by atoms with Gasteiger partial charge in [-0.25, -0.2) is 4.79 Å². The Bertz CT molecular complexity index is 862. The molecule has 0 saturated carbocycles. The van der Waals surface area contributed by atoms with Crippen LogP contribution in [0.1, 0.15) is 9.67 Å². The van der Waals surface area contributed by atoms with Gasteiger partial charge < -0.3 is 14.8 Å². The van der Waals surface area contributed by atoms with Crippen LogP contribution in [0, 0.1) is 0 Å². The van der Waals surface area contributed by atoms with Crippen molar-refractivity contribution in [2.45, 2.75) is 0 Å². The highest BCUT2D eigenvalue weighted by atomic mass is 32.1. The lowest BCUT2D eigenvalue weighted by molar-refractivity contribution is 0.0702. The quantitative estimate of drug-likeness (QED) is 0.753. The first-order valence-electron chi connectivity index (χ1n) is 5.47. The molecule has 0 atom stereocenters. The zero-order valence-corrected chi connectivity index (χ0v) is 10.7. The molecule has 0 unspecified atom stereocenters. The maximum absolute atomic E-state index is 11.9. The molecule has 3 aromatic rings. The predicted octanol–water partition coefficient (Wildman–Crippen LogP) is 2.45. The van der Waals surface area contributed by atoms with Crippen molar-refractivity contribution in [3.05, 3.63) is 39.5 Å². The minimum Gasteiger partial charge on any atom is -0.497 e. The third-order valence-corrected chi connectivity index (χ3v) is 4.06. The molecule has 2 heterocycles. The standard InChI is InChI=1S/C13H9NO4S/c1-18-6-2-3-7-9(4-6)14-12(15)8-5-10(13(16)17)19-11(7)8/h2-5H,1H3,(H,14,15)(H,16,17). The summed E-state index contributed by atoms with van der Waals surface area (Å²) < 4.78 is 5.78. The molecule has 0 aliphatic heterocycles. The number of aromatic amines is 1. The van der Waals surface area contributed by atoms with Crippen LogP contribution >= 0.6 is 11.3 Å². The van der Waals surface area contributed by atoms with E-state index in [0.717, 1.165) is 16.7 Å². The Hall–Kier alpha value is -2.34. The van der Waals surface area contributed by atoms with Crippen LogP contribution in [-0.2, 0) is 0 Å². The minimum absolute atomic E-state index is 0.156. The number of aromatic nitrogens is 1. The number of hydrogen-bond acceptors (Lipinski definition) is 4. The van der Waals surface area contributed by atoms with E-state index in [2.05, 4.69) is 4.98 Å². The number of fused-ring (bicyclic) bond motifs is 3. The SMILES string of the molecule is COc1ccc2c(c1)[nH]c(=O)c1cc(C(=O)O)sc12. The molecule has 0 aliphatic rings. The molecule has 0 bridgehead atoms. The molecule has 5 nitrogen and oxygen atoms in total. The van der Waals surface area contributed by atoms with E-state index in [0.29, 0.717) is 21.4 Å². The Morgan fingerprint density at radius 1 is 1.32 bits per heavy atom. The molecule has 0 aliphatic carbocycles. The van der Waals surface area contributed by atoms with Gasteiger partial charge in [0.15, 0.2) is 0 Å². The number of thiophene rings is 1. The van der Waals surface area contributed by atoms with Gasteiger partial charge in [-0.2, -0.15) is 0 Å². The molecule has 0 fully saturated rings. The van der Waals surface area contributed by atoms with Gasteiger partial charge in [-0.15, -0.1) is 11.3 Å². The van der Waals surface area contributed by atoms with Crippen LogP contribution in [0.3, 0.4) is 0 Å². The molecule has 2 N–H and O–H groups in total. The van der Waals surface area contributed by atoms with Gasteiger partial charge in [0.2, 0.25) is 0 Å². The molecule has 96 valence electrons. The fourth-order valence-electron chi connectivity index (χ4n) is 2.01. The monoisotopic (exact) mass is 275 g/mol. The lowest BCUT2D eigenvalue weighted by Gasteiger charge is -2.02. The van der Waals surface area contributed by atoms with Gasteiger partial charge in [0, 0.05) is 11.5 Å². The van der Waals surface area contributed by atoms with Gasteiger partial charge in [-0.1, -0.05) is 0 Å². The molecular formula is C13H9NO4S. The number of hydrogen-bond donors (Lipinski definition) is 2. The summed E-state index contributed by atoms with van der Waals surface area (Å²) in [4.78, 5) is 25.8. The maximum atomic E-state index is 11.9. The second-order valence-electron chi connectivity index (χ2n) is 4.02. The minimum atomic E-state index is -1.03. The molecule has 3 rings (SSSR count). The summed E-state index contributed by atoms with van der Waals surface area (Å²) in [6.07, 6.45) is 0. The van der Waals surface area contributed by atoms with Crippen molar-refractivity contribution in [3.63, 3.8) is 0 Å². The van der Waals surface area contributed by atoms with E-state index in [4.69, 9.17) is 9.84 Å². The van der Waals surface area contributed by atoms with E-state index in [1.54, 1.807) is 19.2 Å². The fourth-order valence-corrected chi connectivity index (χ4v) is 3.04. The van der Waals surface area contributed by atoms with Crippen molar-refractivity contribution in [2.75, 3.05) is 7.11 Å². The average molecular weight is 275 g/mol. The highest BCUT2D eigenvalue weighted by Crippen LogP contribution is 2.31. The van der Waals surface area contributed by atoms with Crippen molar-refractivity contribution >= 4 is 38.3 Å². The summed E-state index contributed by atoms with van der Waals surface area (Å²) in [6.45, 7) is 0. The summed E-state index contributed by atoms with van der Waals surface area (Å²) in [5.74, 6) is -0.389. The van der Waals surface area contributed by atoms with Gasteiger partial charge in [-0.3, -0.25) is 4.79 Å². The number of nitrogens with one attached hydrogen (secondary N) is 1. The summed E-state index contributed by atoms with van der Waals surface area (Å²) in [5.41, 5.74) is 0.343. The topological polar surface area (TPSA) is 79.4 Å². The normalized spacial score (nSPS) is 11.0. The van der Waals surface area contributed by atoms with Crippen LogP contribution in [0.2, 0.25) is 0 Å². The second-order valence-corrected chi connectivity index (χ2v) is 5.08. The predicted molar refractivity (Wildman–Crippen MR) is 73.5 cm³/mol. The fraction of sp³-hybridized carbons (Fsp3) is 0.0769. The van der Waals surface area contributed by atoms with Crippen molar-refractivity contribution < 1.29 is 14.6 Å². The van der Waals surface area contributed by atoms with Gasteiger partial charge >= 0.3 is 5.97 Å². The van der Waals surface area contributed by atoms with E-state index in [-0.39, 0.29) is 10.4 Å². The lowest BCUT2D eigenvalue weighted by atomic mass is 10.2. The summed E-state index contributed by atoms with van der Waals surface area (Å²) in [6, 6.07) is 6.72. The van der Waals surface area contributed by atoms with Crippen molar-refractivity contribution in [3.8, 4) is 5.75 Å². The number of pyridine rings is 1. The van der Waals surface area contributed by atoms with E-state index in [9.17, 15) is 9.59 Å². The molecule has 19 heavy (non-hydrogen) atoms. The van der Waals surface area contributed by atoms with Gasteiger partial charge in [0.25, 0.3) is 5.56 Å². The summed E-state index contributed by atoms with van der Waals surface area (Å²) in [5, 5.41) is 10.2. The summed E-state index contributed by atoms with van der Waals surface area (Å²) in [7, 11) is 1.55. The van der Waals surface area contributed by atoms with Gasteiger partial charge in [-0.05, 0) is 18.2 Å². The van der Waals surface area contributed by atoms with Crippen molar-refractivity contribution in [1.82, 2.24) is 4.98 Å². The molecule has 1 aromatic carbocycles. The second kappa shape index (κ2) is 4.10. The van der Waals surface area contributed by atoms with Crippen molar-refractivity contribution in [1.29, 1.82) is 0 Å². The number of carbonyl (C=O) groups is 1. The van der Waals surface area contributed by atoms with Crippen LogP contribution in [-0.4, -0.2) is 23.2 Å². The Morgan fingerprint density at radius 3 is 2.79 bits per heavy atom. The number of benzene rings is 1. The van der Waals surface area contributed by atoms with Crippen LogP contribution in [0.5, 0.6) is 5.75 Å². The summed E-state index contributed by atoms with van der Waals surface area (Å²) >= 11 is 1.10. The smallest absolute Gasteiger partial charge is 0.345 e. The van der Waals surface area contributed by atoms with Crippen LogP contribution in [0.4, 0.5) is 0 Å². The van der Waals surface area contributed by atoms with Crippen LogP contribution in [0.25, 0.3) is 21.0 Å². The van der Waals surface area contributed by atoms with Crippen LogP contribution in [0.15, 0.2) is 29.1 Å². The maximum Gasteiger partial charge on any atom is 0.345 e. The average Bonchev–Trinajstić information content (AvgIpc) is 2.84. The largest absolute Gasteiger partial charge is 0.497 e. The Kier molecular flexibility index (Phi) is 2.53. The first kappa shape index (κ1) is 11.7. The van der Waals surface area contributed by atoms with E-state index < -0.39 is 5.97 Å². The van der Waals surface area contributed by atoms with Crippen LogP contribution < -0.4 is 10.3 Å². The third-order valence-electron chi connectivity index (χ3n) is 2.91. The number of methoxy groups -OCH3 is 1. The zero-order chi connectivity index (χ0) is 13.6. The molecule has 0 radical (unpaired) electrons. The highest BCUT2D eigenvalue weighted by molar-refractivity contribution is 7.21. The lowest BCUT2D eigenvalue weighted by Crippen LogP contribution is -2.04. The molecular weight excluding hydrogens is 266 g/mol. The van der Waals surface area contributed by atoms with Gasteiger partial charge in [0.05, 0.1) is 22.7 Å². The highest BCUT2D eigenvalue weighted by Gasteiger charge is 2.13. The Morgan fingerprint density at radius 2 is 2.11 bits per heavy atom. The molecule has 0 saturated heterocycles.